The molecule has 2 rings (SSSR count). The zero-order valence-corrected chi connectivity index (χ0v) is 12.6. The van der Waals surface area contributed by atoms with Crippen molar-refractivity contribution in [2.75, 3.05) is 0 Å². The van der Waals surface area contributed by atoms with E-state index >= 15 is 0 Å². The summed E-state index contributed by atoms with van der Waals surface area (Å²) in [5.74, 6) is 1.24. The third-order valence-corrected chi connectivity index (χ3v) is 3.60. The lowest BCUT2D eigenvalue weighted by Gasteiger charge is -2.07. The van der Waals surface area contributed by atoms with Gasteiger partial charge in [0.1, 0.15) is 11.6 Å². The van der Waals surface area contributed by atoms with Gasteiger partial charge in [-0.15, -0.1) is 0 Å². The van der Waals surface area contributed by atoms with Crippen LogP contribution in [0, 0.1) is 0 Å². The van der Waals surface area contributed by atoms with E-state index < -0.39 is 0 Å². The number of imidazole rings is 1. The van der Waals surface area contributed by atoms with Crippen molar-refractivity contribution in [3.63, 3.8) is 0 Å². The molecule has 0 saturated carbocycles. The fraction of sp³-hybridized carbons (Fsp3) is 0.529. The number of aromatic nitrogens is 2. The van der Waals surface area contributed by atoms with Gasteiger partial charge in [-0.25, -0.2) is 4.98 Å². The Bertz CT molecular complexity index is 571. The van der Waals surface area contributed by atoms with Crippen molar-refractivity contribution in [1.29, 1.82) is 0 Å². The molecular formula is C17H24N2O. The van der Waals surface area contributed by atoms with E-state index in [2.05, 4.69) is 29.5 Å². The highest BCUT2D eigenvalue weighted by Gasteiger charge is 2.13. The number of nitrogens with zero attached hydrogens (tertiary/aromatic N) is 2. The van der Waals surface area contributed by atoms with Gasteiger partial charge >= 0.3 is 0 Å². The lowest BCUT2D eigenvalue weighted by atomic mass is 10.1. The highest BCUT2D eigenvalue weighted by atomic mass is 16.1. The SMILES string of the molecule is CCCCCC(=O)Cc1nc2ccccc2n1CCC. The third-order valence-electron chi connectivity index (χ3n) is 3.60. The molecule has 0 saturated heterocycles. The molecule has 0 N–H and O–H groups in total. The number of unbranched alkanes of at least 4 members (excludes halogenated alkanes) is 2. The normalized spacial score (nSPS) is 11.1. The summed E-state index contributed by atoms with van der Waals surface area (Å²) in [6.07, 6.45) is 5.50. The van der Waals surface area contributed by atoms with E-state index in [1.165, 1.54) is 0 Å². The van der Waals surface area contributed by atoms with Gasteiger partial charge in [0, 0.05) is 13.0 Å². The third kappa shape index (κ3) is 3.47. The number of hydrogen-bond donors (Lipinski definition) is 0. The molecule has 1 aromatic carbocycles. The molecule has 0 amide bonds. The van der Waals surface area contributed by atoms with Gasteiger partial charge in [0.25, 0.3) is 0 Å². The molecule has 2 aromatic rings. The Morgan fingerprint density at radius 3 is 2.70 bits per heavy atom. The number of hydrogen-bond acceptors (Lipinski definition) is 2. The Morgan fingerprint density at radius 1 is 1.15 bits per heavy atom. The van der Waals surface area contributed by atoms with Gasteiger partial charge in [0.05, 0.1) is 17.5 Å². The molecule has 1 aromatic heterocycles. The van der Waals surface area contributed by atoms with Crippen LogP contribution in [0.15, 0.2) is 24.3 Å². The van der Waals surface area contributed by atoms with Crippen molar-refractivity contribution >= 4 is 16.8 Å². The monoisotopic (exact) mass is 272 g/mol. The molecule has 1 heterocycles. The Labute approximate surface area is 121 Å². The summed E-state index contributed by atoms with van der Waals surface area (Å²) in [5.41, 5.74) is 2.14. The van der Waals surface area contributed by atoms with E-state index in [-0.39, 0.29) is 0 Å². The largest absolute Gasteiger partial charge is 0.328 e. The van der Waals surface area contributed by atoms with Crippen LogP contribution in [0.3, 0.4) is 0 Å². The summed E-state index contributed by atoms with van der Waals surface area (Å²) in [4.78, 5) is 16.7. The van der Waals surface area contributed by atoms with Crippen LogP contribution >= 0.6 is 0 Å². The van der Waals surface area contributed by atoms with Crippen molar-refractivity contribution in [3.8, 4) is 0 Å². The van der Waals surface area contributed by atoms with E-state index in [1.807, 2.05) is 18.2 Å². The molecule has 0 spiro atoms. The summed E-state index contributed by atoms with van der Waals surface area (Å²) < 4.78 is 2.20. The molecule has 0 unspecified atom stereocenters. The fourth-order valence-corrected chi connectivity index (χ4v) is 2.57. The number of ketones is 1. The molecule has 20 heavy (non-hydrogen) atoms. The van der Waals surface area contributed by atoms with E-state index in [1.54, 1.807) is 0 Å². The number of carbonyl (C=O) groups is 1. The highest BCUT2D eigenvalue weighted by molar-refractivity contribution is 5.82. The average Bonchev–Trinajstić information content (AvgIpc) is 2.78. The van der Waals surface area contributed by atoms with Gasteiger partial charge < -0.3 is 4.57 Å². The second-order valence-corrected chi connectivity index (χ2v) is 5.34. The summed E-state index contributed by atoms with van der Waals surface area (Å²) in [6, 6.07) is 8.14. The van der Waals surface area contributed by atoms with Crippen LogP contribution in [0.5, 0.6) is 0 Å². The molecule has 0 aliphatic carbocycles. The summed E-state index contributed by atoms with van der Waals surface area (Å²) in [7, 11) is 0. The van der Waals surface area contributed by atoms with E-state index in [0.717, 1.165) is 49.1 Å². The predicted octanol–water partition coefficient (Wildman–Crippen LogP) is 4.14. The fourth-order valence-electron chi connectivity index (χ4n) is 2.57. The molecule has 3 nitrogen and oxygen atoms in total. The highest BCUT2D eigenvalue weighted by Crippen LogP contribution is 2.17. The van der Waals surface area contributed by atoms with Crippen LogP contribution in [0.4, 0.5) is 0 Å². The first-order valence-electron chi connectivity index (χ1n) is 7.72. The zero-order chi connectivity index (χ0) is 14.4. The van der Waals surface area contributed by atoms with Crippen LogP contribution in [0.2, 0.25) is 0 Å². The molecule has 0 bridgehead atoms. The molecule has 0 fully saturated rings. The van der Waals surface area contributed by atoms with Crippen molar-refractivity contribution in [2.24, 2.45) is 0 Å². The van der Waals surface area contributed by atoms with Gasteiger partial charge in [-0.05, 0) is 25.0 Å². The summed E-state index contributed by atoms with van der Waals surface area (Å²) >= 11 is 0. The van der Waals surface area contributed by atoms with Crippen LogP contribution in [-0.4, -0.2) is 15.3 Å². The molecule has 108 valence electrons. The smallest absolute Gasteiger partial charge is 0.140 e. The summed E-state index contributed by atoms with van der Waals surface area (Å²) in [5, 5.41) is 0. The van der Waals surface area contributed by atoms with Gasteiger partial charge in [0.15, 0.2) is 0 Å². The van der Waals surface area contributed by atoms with Crippen molar-refractivity contribution in [3.05, 3.63) is 30.1 Å². The Balaban J connectivity index is 2.16. The Hall–Kier alpha value is -1.64. The molecule has 0 aliphatic rings. The second kappa shape index (κ2) is 7.22. The van der Waals surface area contributed by atoms with E-state index in [9.17, 15) is 4.79 Å². The number of carbonyl (C=O) groups excluding carboxylic acids is 1. The standard InChI is InChI=1S/C17H24N2O/c1-3-5-6-9-14(20)13-17-18-15-10-7-8-11-16(15)19(17)12-4-2/h7-8,10-11H,3-6,9,12-13H2,1-2H3. The number of benzene rings is 1. The van der Waals surface area contributed by atoms with Crippen molar-refractivity contribution in [1.82, 2.24) is 9.55 Å². The summed E-state index contributed by atoms with van der Waals surface area (Å²) in [6.45, 7) is 5.24. The Kier molecular flexibility index (Phi) is 5.33. The molecule has 0 radical (unpaired) electrons. The number of aryl methyl sites for hydroxylation is 1. The van der Waals surface area contributed by atoms with Gasteiger partial charge in [-0.1, -0.05) is 38.8 Å². The molecule has 0 atom stereocenters. The second-order valence-electron chi connectivity index (χ2n) is 5.34. The van der Waals surface area contributed by atoms with E-state index in [4.69, 9.17) is 0 Å². The van der Waals surface area contributed by atoms with E-state index in [0.29, 0.717) is 18.6 Å². The number of Topliss-reactive ketones (excluding diaryl/α,β-unsaturated/α-hetero) is 1. The van der Waals surface area contributed by atoms with Gasteiger partial charge in [0.2, 0.25) is 0 Å². The minimum absolute atomic E-state index is 0.311. The quantitative estimate of drug-likeness (QED) is 0.677. The van der Waals surface area contributed by atoms with Crippen LogP contribution in [0.1, 0.15) is 51.8 Å². The predicted molar refractivity (Wildman–Crippen MR) is 82.9 cm³/mol. The molecule has 0 aliphatic heterocycles. The Morgan fingerprint density at radius 2 is 1.95 bits per heavy atom. The van der Waals surface area contributed by atoms with Crippen LogP contribution in [-0.2, 0) is 17.8 Å². The van der Waals surface area contributed by atoms with Crippen LogP contribution in [0.25, 0.3) is 11.0 Å². The maximum atomic E-state index is 12.1. The number of para-hydroxylation sites is 2. The first-order chi connectivity index (χ1) is 9.76. The van der Waals surface area contributed by atoms with Gasteiger partial charge in [-0.3, -0.25) is 4.79 Å². The first-order valence-corrected chi connectivity index (χ1v) is 7.72. The molecular weight excluding hydrogens is 248 g/mol. The topological polar surface area (TPSA) is 34.9 Å². The first kappa shape index (κ1) is 14.8. The lowest BCUT2D eigenvalue weighted by molar-refractivity contribution is -0.118. The minimum atomic E-state index is 0.311. The van der Waals surface area contributed by atoms with Crippen molar-refractivity contribution < 1.29 is 4.79 Å². The maximum Gasteiger partial charge on any atom is 0.140 e. The average molecular weight is 272 g/mol. The zero-order valence-electron chi connectivity index (χ0n) is 12.6. The maximum absolute atomic E-state index is 12.1. The van der Waals surface area contributed by atoms with Crippen LogP contribution < -0.4 is 0 Å². The minimum Gasteiger partial charge on any atom is -0.328 e. The number of rotatable bonds is 8. The lowest BCUT2D eigenvalue weighted by Crippen LogP contribution is -2.10. The van der Waals surface area contributed by atoms with Gasteiger partial charge in [-0.2, -0.15) is 0 Å². The van der Waals surface area contributed by atoms with Crippen molar-refractivity contribution in [2.45, 2.75) is 58.9 Å². The number of fused-ring (bicyclic) bond motifs is 1. The molecule has 3 heteroatoms.